The van der Waals surface area contributed by atoms with E-state index in [1.807, 2.05) is 9.80 Å². The molecule has 3 amide bonds. The summed E-state index contributed by atoms with van der Waals surface area (Å²) >= 11 is 0. The zero-order valence-corrected chi connectivity index (χ0v) is 13.7. The van der Waals surface area contributed by atoms with Crippen molar-refractivity contribution in [2.24, 2.45) is 29.6 Å². The molecule has 5 fully saturated rings. The van der Waals surface area contributed by atoms with Gasteiger partial charge in [-0.2, -0.15) is 0 Å². The SMILES string of the molecule is O=C(NC1[C@@H]2[C@H]3CC[C@@H](C3)[C@H]12)N1CCCN(C(=O)C2CC2)CC1. The fraction of sp³-hybridized carbons (Fsp3) is 0.889. The fourth-order valence-electron chi connectivity index (χ4n) is 5.68. The van der Waals surface area contributed by atoms with E-state index in [9.17, 15) is 9.59 Å². The van der Waals surface area contributed by atoms with Crippen LogP contribution in [-0.4, -0.2) is 54.0 Å². The number of amides is 3. The number of fused-ring (bicyclic) bond motifs is 5. The lowest BCUT2D eigenvalue weighted by Crippen LogP contribution is -2.44. The topological polar surface area (TPSA) is 52.7 Å². The summed E-state index contributed by atoms with van der Waals surface area (Å²) < 4.78 is 0. The van der Waals surface area contributed by atoms with E-state index in [1.54, 1.807) is 0 Å². The number of nitrogens with one attached hydrogen (secondary N) is 1. The molecule has 5 rings (SSSR count). The van der Waals surface area contributed by atoms with Crippen LogP contribution in [-0.2, 0) is 4.79 Å². The number of nitrogens with zero attached hydrogens (tertiary/aromatic N) is 2. The smallest absolute Gasteiger partial charge is 0.317 e. The molecule has 5 atom stereocenters. The van der Waals surface area contributed by atoms with Crippen LogP contribution >= 0.6 is 0 Å². The van der Waals surface area contributed by atoms with Crippen molar-refractivity contribution < 1.29 is 9.59 Å². The normalized spacial score (nSPS) is 41.5. The van der Waals surface area contributed by atoms with Gasteiger partial charge in [-0.1, -0.05) is 0 Å². The maximum absolute atomic E-state index is 12.6. The van der Waals surface area contributed by atoms with Gasteiger partial charge in [0.2, 0.25) is 5.91 Å². The summed E-state index contributed by atoms with van der Waals surface area (Å²) in [7, 11) is 0. The van der Waals surface area contributed by atoms with Crippen LogP contribution in [0.4, 0.5) is 4.79 Å². The molecule has 1 heterocycles. The Morgan fingerprint density at radius 2 is 1.48 bits per heavy atom. The van der Waals surface area contributed by atoms with E-state index in [2.05, 4.69) is 5.32 Å². The Balaban J connectivity index is 1.15. The Morgan fingerprint density at radius 1 is 0.826 bits per heavy atom. The van der Waals surface area contributed by atoms with Crippen LogP contribution < -0.4 is 5.32 Å². The molecule has 23 heavy (non-hydrogen) atoms. The average molecular weight is 317 g/mol. The molecule has 1 aliphatic heterocycles. The third-order valence-electron chi connectivity index (χ3n) is 7.05. The quantitative estimate of drug-likeness (QED) is 0.842. The number of carbonyl (C=O) groups is 2. The van der Waals surface area contributed by atoms with E-state index >= 15 is 0 Å². The van der Waals surface area contributed by atoms with E-state index < -0.39 is 0 Å². The van der Waals surface area contributed by atoms with Gasteiger partial charge in [-0.15, -0.1) is 0 Å². The minimum atomic E-state index is 0.115. The predicted octanol–water partition coefficient (Wildman–Crippen LogP) is 1.68. The fourth-order valence-corrected chi connectivity index (χ4v) is 5.68. The van der Waals surface area contributed by atoms with Gasteiger partial charge in [-0.3, -0.25) is 4.79 Å². The molecule has 0 radical (unpaired) electrons. The zero-order chi connectivity index (χ0) is 15.6. The van der Waals surface area contributed by atoms with E-state index in [-0.39, 0.29) is 11.9 Å². The lowest BCUT2D eigenvalue weighted by atomic mass is 10.0. The molecule has 1 unspecified atom stereocenters. The third-order valence-corrected chi connectivity index (χ3v) is 7.05. The van der Waals surface area contributed by atoms with Crippen molar-refractivity contribution in [3.63, 3.8) is 0 Å². The largest absolute Gasteiger partial charge is 0.341 e. The van der Waals surface area contributed by atoms with Crippen molar-refractivity contribution in [1.29, 1.82) is 0 Å². The molecule has 5 aliphatic rings. The van der Waals surface area contributed by atoms with Crippen LogP contribution in [0.2, 0.25) is 0 Å². The Kier molecular flexibility index (Phi) is 3.14. The van der Waals surface area contributed by atoms with Crippen LogP contribution in [0.25, 0.3) is 0 Å². The highest BCUT2D eigenvalue weighted by Gasteiger charge is 2.65. The van der Waals surface area contributed by atoms with Gasteiger partial charge in [0.1, 0.15) is 0 Å². The maximum atomic E-state index is 12.6. The van der Waals surface area contributed by atoms with Gasteiger partial charge in [0.15, 0.2) is 0 Å². The molecule has 0 aromatic rings. The first-order valence-corrected chi connectivity index (χ1v) is 9.56. The highest BCUT2D eigenvalue weighted by atomic mass is 16.2. The van der Waals surface area contributed by atoms with Gasteiger partial charge in [0.05, 0.1) is 0 Å². The molecule has 4 saturated carbocycles. The summed E-state index contributed by atoms with van der Waals surface area (Å²) in [6.45, 7) is 3.01. The highest BCUT2D eigenvalue weighted by molar-refractivity contribution is 5.81. The Hall–Kier alpha value is -1.26. The molecule has 126 valence electrons. The van der Waals surface area contributed by atoms with Gasteiger partial charge in [0, 0.05) is 38.1 Å². The summed E-state index contributed by atoms with van der Waals surface area (Å²) in [4.78, 5) is 28.7. The van der Waals surface area contributed by atoms with Gasteiger partial charge < -0.3 is 15.1 Å². The monoisotopic (exact) mass is 317 g/mol. The van der Waals surface area contributed by atoms with Crippen LogP contribution in [0.1, 0.15) is 38.5 Å². The van der Waals surface area contributed by atoms with Crippen LogP contribution in [0, 0.1) is 29.6 Å². The van der Waals surface area contributed by atoms with Crippen LogP contribution in [0.3, 0.4) is 0 Å². The molecular weight excluding hydrogens is 290 g/mol. The Labute approximate surface area is 137 Å². The molecule has 0 aromatic carbocycles. The van der Waals surface area contributed by atoms with Crippen molar-refractivity contribution in [1.82, 2.24) is 15.1 Å². The Bertz CT molecular complexity index is 516. The predicted molar refractivity (Wildman–Crippen MR) is 85.6 cm³/mol. The molecule has 2 bridgehead atoms. The standard InChI is InChI=1S/C18H27N3O2/c22-17(11-2-3-11)20-6-1-7-21(9-8-20)18(23)19-16-14-12-4-5-13(10-12)15(14)16/h11-16H,1-10H2,(H,19,23)/t12-,13-,14-,15+,16?/m0/s1. The summed E-state index contributed by atoms with van der Waals surface area (Å²) in [5, 5.41) is 3.32. The molecular formula is C18H27N3O2. The van der Waals surface area contributed by atoms with E-state index in [0.29, 0.717) is 25.0 Å². The molecule has 1 saturated heterocycles. The summed E-state index contributed by atoms with van der Waals surface area (Å²) in [6.07, 6.45) is 7.23. The Morgan fingerprint density at radius 3 is 2.17 bits per heavy atom. The van der Waals surface area contributed by atoms with Crippen molar-refractivity contribution in [3.8, 4) is 0 Å². The first-order chi connectivity index (χ1) is 11.2. The number of urea groups is 1. The van der Waals surface area contributed by atoms with E-state index in [1.165, 1.54) is 19.3 Å². The second kappa shape index (κ2) is 5.12. The van der Waals surface area contributed by atoms with E-state index in [0.717, 1.165) is 56.0 Å². The molecule has 1 N–H and O–H groups in total. The van der Waals surface area contributed by atoms with Crippen molar-refractivity contribution >= 4 is 11.9 Å². The number of hydrogen-bond donors (Lipinski definition) is 1. The van der Waals surface area contributed by atoms with Crippen molar-refractivity contribution in [2.75, 3.05) is 26.2 Å². The summed E-state index contributed by atoms with van der Waals surface area (Å²) in [5.41, 5.74) is 0. The van der Waals surface area contributed by atoms with Crippen LogP contribution in [0.15, 0.2) is 0 Å². The van der Waals surface area contributed by atoms with Crippen molar-refractivity contribution in [3.05, 3.63) is 0 Å². The molecule has 0 aromatic heterocycles. The third kappa shape index (κ3) is 2.34. The summed E-state index contributed by atoms with van der Waals surface area (Å²) in [6, 6.07) is 0.575. The minimum absolute atomic E-state index is 0.115. The molecule has 0 spiro atoms. The maximum Gasteiger partial charge on any atom is 0.317 e. The average Bonchev–Trinajstić information content (AvgIpc) is 3.45. The minimum Gasteiger partial charge on any atom is -0.341 e. The van der Waals surface area contributed by atoms with Gasteiger partial charge in [0.25, 0.3) is 0 Å². The summed E-state index contributed by atoms with van der Waals surface area (Å²) in [5.74, 6) is 3.98. The first kappa shape index (κ1) is 14.1. The second-order valence-corrected chi connectivity index (χ2v) is 8.40. The van der Waals surface area contributed by atoms with E-state index in [4.69, 9.17) is 0 Å². The zero-order valence-electron chi connectivity index (χ0n) is 13.7. The number of rotatable bonds is 2. The van der Waals surface area contributed by atoms with Gasteiger partial charge in [-0.05, 0) is 62.2 Å². The van der Waals surface area contributed by atoms with Gasteiger partial charge >= 0.3 is 6.03 Å². The molecule has 5 nitrogen and oxygen atoms in total. The highest BCUT2D eigenvalue weighted by Crippen LogP contribution is 2.65. The van der Waals surface area contributed by atoms with Gasteiger partial charge in [-0.25, -0.2) is 4.79 Å². The molecule has 5 heteroatoms. The number of carbonyl (C=O) groups excluding carboxylic acids is 2. The lowest BCUT2D eigenvalue weighted by Gasteiger charge is -2.23. The van der Waals surface area contributed by atoms with Crippen molar-refractivity contribution in [2.45, 2.75) is 44.6 Å². The molecule has 4 aliphatic carbocycles. The lowest BCUT2D eigenvalue weighted by molar-refractivity contribution is -0.132. The van der Waals surface area contributed by atoms with Crippen LogP contribution in [0.5, 0.6) is 0 Å². The number of hydrogen-bond acceptors (Lipinski definition) is 2. The second-order valence-electron chi connectivity index (χ2n) is 8.40. The first-order valence-electron chi connectivity index (χ1n) is 9.56.